The molecule has 1 radical (unpaired) electrons. The Labute approximate surface area is 146 Å². The summed E-state index contributed by atoms with van der Waals surface area (Å²) < 4.78 is 5.90. The smallest absolute Gasteiger partial charge is 0.164 e. The summed E-state index contributed by atoms with van der Waals surface area (Å²) in [7, 11) is 0. The predicted octanol–water partition coefficient (Wildman–Crippen LogP) is 6.80. The lowest BCUT2D eigenvalue weighted by Crippen LogP contribution is -1.88. The second-order valence-corrected chi connectivity index (χ2v) is 6.38. The number of H-pyrrole nitrogens is 1. The highest BCUT2D eigenvalue weighted by Crippen LogP contribution is 2.37. The molecule has 0 aliphatic carbocycles. The molecule has 2 nitrogen and oxygen atoms in total. The number of aryl methyl sites for hydroxylation is 1. The molecular weight excluding hydrogens is 329 g/mol. The monoisotopic (exact) mass is 346 g/mol. The van der Waals surface area contributed by atoms with Crippen molar-refractivity contribution in [3.8, 4) is 11.5 Å². The lowest BCUT2D eigenvalue weighted by Gasteiger charge is -2.09. The summed E-state index contributed by atoms with van der Waals surface area (Å²) in [5.41, 5.74) is 2.43. The van der Waals surface area contributed by atoms with E-state index in [1.807, 2.05) is 18.2 Å². The minimum Gasteiger partial charge on any atom is -0.454 e. The van der Waals surface area contributed by atoms with Gasteiger partial charge in [-0.15, -0.1) is 0 Å². The van der Waals surface area contributed by atoms with Crippen molar-refractivity contribution in [3.05, 3.63) is 58.2 Å². The molecule has 0 unspecified atom stereocenters. The summed E-state index contributed by atoms with van der Waals surface area (Å²) in [5.74, 6) is 1.19. The van der Waals surface area contributed by atoms with Crippen LogP contribution in [0.15, 0.2) is 36.5 Å². The second kappa shape index (κ2) is 7.29. The van der Waals surface area contributed by atoms with Crippen LogP contribution >= 0.6 is 23.2 Å². The van der Waals surface area contributed by atoms with Crippen LogP contribution in [0, 0.1) is 6.07 Å². The van der Waals surface area contributed by atoms with Crippen LogP contribution in [0.3, 0.4) is 0 Å². The third kappa shape index (κ3) is 3.65. The summed E-state index contributed by atoms with van der Waals surface area (Å²) in [6, 6.07) is 12.1. The Kier molecular flexibility index (Phi) is 5.14. The fourth-order valence-electron chi connectivity index (χ4n) is 2.64. The van der Waals surface area contributed by atoms with Gasteiger partial charge in [0.05, 0.1) is 10.0 Å². The van der Waals surface area contributed by atoms with Crippen molar-refractivity contribution in [1.82, 2.24) is 4.98 Å². The molecule has 1 N–H and O–H groups in total. The average Bonchev–Trinajstić information content (AvgIpc) is 2.94. The van der Waals surface area contributed by atoms with E-state index in [4.69, 9.17) is 27.9 Å². The van der Waals surface area contributed by atoms with E-state index in [0.29, 0.717) is 15.8 Å². The van der Waals surface area contributed by atoms with Crippen LogP contribution in [0.5, 0.6) is 11.5 Å². The number of ether oxygens (including phenoxy) is 1. The van der Waals surface area contributed by atoms with Gasteiger partial charge < -0.3 is 9.72 Å². The van der Waals surface area contributed by atoms with E-state index in [1.165, 1.54) is 30.2 Å². The van der Waals surface area contributed by atoms with Gasteiger partial charge in [-0.3, -0.25) is 0 Å². The van der Waals surface area contributed by atoms with Crippen molar-refractivity contribution in [2.24, 2.45) is 0 Å². The first-order chi connectivity index (χ1) is 11.2. The first-order valence-electron chi connectivity index (χ1n) is 7.82. The Balaban J connectivity index is 1.88. The lowest BCUT2D eigenvalue weighted by atomic mass is 10.1. The van der Waals surface area contributed by atoms with E-state index in [-0.39, 0.29) is 0 Å². The van der Waals surface area contributed by atoms with Crippen molar-refractivity contribution < 1.29 is 4.74 Å². The van der Waals surface area contributed by atoms with E-state index < -0.39 is 0 Å². The summed E-state index contributed by atoms with van der Waals surface area (Å²) in [6.45, 7) is 2.21. The molecule has 0 saturated carbocycles. The van der Waals surface area contributed by atoms with Gasteiger partial charge in [0.2, 0.25) is 0 Å². The molecule has 0 saturated heterocycles. The van der Waals surface area contributed by atoms with Crippen molar-refractivity contribution in [3.63, 3.8) is 0 Å². The number of benzene rings is 2. The Bertz CT molecular complexity index is 790. The maximum Gasteiger partial charge on any atom is 0.164 e. The highest BCUT2D eigenvalue weighted by molar-refractivity contribution is 6.37. The van der Waals surface area contributed by atoms with E-state index in [1.54, 1.807) is 12.1 Å². The van der Waals surface area contributed by atoms with Gasteiger partial charge >= 0.3 is 0 Å². The summed E-state index contributed by atoms with van der Waals surface area (Å²) in [5, 5.41) is 2.10. The van der Waals surface area contributed by atoms with Crippen LogP contribution < -0.4 is 4.74 Å². The zero-order valence-electron chi connectivity index (χ0n) is 13.0. The molecule has 119 valence electrons. The number of hydrogen-bond donors (Lipinski definition) is 1. The molecule has 0 bridgehead atoms. The van der Waals surface area contributed by atoms with Gasteiger partial charge in [-0.05, 0) is 54.8 Å². The molecule has 0 atom stereocenters. The fraction of sp³-hybridized carbons (Fsp3) is 0.263. The van der Waals surface area contributed by atoms with Crippen molar-refractivity contribution in [2.45, 2.75) is 32.6 Å². The van der Waals surface area contributed by atoms with Gasteiger partial charge in [-0.2, -0.15) is 0 Å². The zero-order valence-corrected chi connectivity index (χ0v) is 14.5. The minimum absolute atomic E-state index is 0.454. The van der Waals surface area contributed by atoms with Crippen LogP contribution in [0.4, 0.5) is 0 Å². The number of fused-ring (bicyclic) bond motifs is 1. The molecule has 1 aromatic heterocycles. The van der Waals surface area contributed by atoms with Crippen LogP contribution in [0.25, 0.3) is 10.9 Å². The van der Waals surface area contributed by atoms with Crippen LogP contribution in [-0.2, 0) is 6.42 Å². The lowest BCUT2D eigenvalue weighted by molar-refractivity contribution is 0.484. The van der Waals surface area contributed by atoms with Crippen LogP contribution in [-0.4, -0.2) is 4.98 Å². The highest BCUT2D eigenvalue weighted by Gasteiger charge is 2.10. The van der Waals surface area contributed by atoms with E-state index >= 15 is 0 Å². The third-order valence-electron chi connectivity index (χ3n) is 3.86. The summed E-state index contributed by atoms with van der Waals surface area (Å²) in [6.07, 6.45) is 6.81. The Morgan fingerprint density at radius 1 is 1.13 bits per heavy atom. The molecule has 0 aliphatic rings. The van der Waals surface area contributed by atoms with Crippen molar-refractivity contribution in [1.29, 1.82) is 0 Å². The normalized spacial score (nSPS) is 11.1. The SMILES string of the molecule is CCCCCc1c[nH]c2ccc(Oc3c(Cl)c[c]cc3Cl)cc12. The van der Waals surface area contributed by atoms with Gasteiger partial charge in [0.25, 0.3) is 0 Å². The van der Waals surface area contributed by atoms with Gasteiger partial charge in [-0.1, -0.05) is 43.0 Å². The molecule has 1 heterocycles. The molecule has 3 aromatic rings. The summed E-state index contributed by atoms with van der Waals surface area (Å²) >= 11 is 12.3. The molecule has 0 aliphatic heterocycles. The number of unbranched alkanes of at least 4 members (excludes halogenated alkanes) is 2. The molecule has 2 aromatic carbocycles. The Morgan fingerprint density at radius 3 is 2.65 bits per heavy atom. The molecule has 0 fully saturated rings. The van der Waals surface area contributed by atoms with Crippen LogP contribution in [0.2, 0.25) is 10.0 Å². The molecule has 0 amide bonds. The topological polar surface area (TPSA) is 25.0 Å². The first-order valence-corrected chi connectivity index (χ1v) is 8.57. The highest BCUT2D eigenvalue weighted by atomic mass is 35.5. The van der Waals surface area contributed by atoms with Gasteiger partial charge in [0, 0.05) is 17.1 Å². The maximum absolute atomic E-state index is 6.15. The van der Waals surface area contributed by atoms with Crippen LogP contribution in [0.1, 0.15) is 31.7 Å². The zero-order chi connectivity index (χ0) is 16.2. The Hall–Kier alpha value is -1.64. The molecule has 0 spiro atoms. The second-order valence-electron chi connectivity index (χ2n) is 5.56. The van der Waals surface area contributed by atoms with Crippen molar-refractivity contribution >= 4 is 34.1 Å². The number of nitrogens with one attached hydrogen (secondary N) is 1. The largest absolute Gasteiger partial charge is 0.454 e. The van der Waals surface area contributed by atoms with E-state index in [0.717, 1.165) is 17.7 Å². The van der Waals surface area contributed by atoms with Gasteiger partial charge in [-0.25, -0.2) is 0 Å². The van der Waals surface area contributed by atoms with Crippen molar-refractivity contribution in [2.75, 3.05) is 0 Å². The Morgan fingerprint density at radius 2 is 1.91 bits per heavy atom. The number of halogens is 2. The molecular formula is C19H18Cl2NO. The number of rotatable bonds is 6. The van der Waals surface area contributed by atoms with Gasteiger partial charge in [0.1, 0.15) is 5.75 Å². The number of hydrogen-bond acceptors (Lipinski definition) is 1. The van der Waals surface area contributed by atoms with E-state index in [9.17, 15) is 0 Å². The fourth-order valence-corrected chi connectivity index (χ4v) is 3.10. The number of aromatic nitrogens is 1. The molecule has 3 rings (SSSR count). The quantitative estimate of drug-likeness (QED) is 0.487. The standard InChI is InChI=1S/C19H18Cl2NO/c1-2-3-4-6-13-12-22-18-10-9-14(11-15(13)18)23-19-16(20)7-5-8-17(19)21/h7-12,22H,2-4,6H2,1H3. The minimum atomic E-state index is 0.454. The third-order valence-corrected chi connectivity index (χ3v) is 4.42. The predicted molar refractivity (Wildman–Crippen MR) is 96.9 cm³/mol. The van der Waals surface area contributed by atoms with E-state index in [2.05, 4.69) is 24.2 Å². The molecule has 4 heteroatoms. The summed E-state index contributed by atoms with van der Waals surface area (Å²) in [4.78, 5) is 3.32. The average molecular weight is 347 g/mol. The molecule has 23 heavy (non-hydrogen) atoms. The van der Waals surface area contributed by atoms with Gasteiger partial charge in [0.15, 0.2) is 5.75 Å². The first kappa shape index (κ1) is 16.2. The maximum atomic E-state index is 6.15. The number of aromatic amines is 1.